The molecule has 23 heavy (non-hydrogen) atoms. The average molecular weight is 331 g/mol. The fraction of sp³-hybridized carbons (Fsp3) is 0.286. The normalized spacial score (nSPS) is 20.0. The molecule has 0 spiro atoms. The van der Waals surface area contributed by atoms with Crippen LogP contribution in [0.2, 0.25) is 0 Å². The van der Waals surface area contributed by atoms with Crippen LogP contribution in [-0.2, 0) is 0 Å². The van der Waals surface area contributed by atoms with Crippen molar-refractivity contribution in [3.63, 3.8) is 0 Å². The molecule has 0 unspecified atom stereocenters. The summed E-state index contributed by atoms with van der Waals surface area (Å²) >= 11 is 0. The van der Waals surface area contributed by atoms with E-state index in [0.717, 1.165) is 12.1 Å². The molecule has 122 valence electrons. The van der Waals surface area contributed by atoms with Crippen LogP contribution in [0.15, 0.2) is 23.0 Å². The van der Waals surface area contributed by atoms with E-state index < -0.39 is 47.5 Å². The Bertz CT molecular complexity index is 864. The van der Waals surface area contributed by atoms with Crippen molar-refractivity contribution in [1.29, 1.82) is 0 Å². The van der Waals surface area contributed by atoms with Crippen LogP contribution in [0.4, 0.5) is 17.6 Å². The molecule has 1 aliphatic carbocycles. The molecule has 1 heterocycles. The number of hydrogen-bond donors (Lipinski definition) is 1. The van der Waals surface area contributed by atoms with Crippen molar-refractivity contribution in [2.45, 2.75) is 25.2 Å². The zero-order chi connectivity index (χ0) is 16.9. The summed E-state index contributed by atoms with van der Waals surface area (Å²) in [6, 6.07) is 2.34. The maximum absolute atomic E-state index is 14.5. The second-order valence-electron chi connectivity index (χ2n) is 5.02. The highest BCUT2D eigenvalue weighted by Crippen LogP contribution is 2.43. The number of alkyl halides is 3. The van der Waals surface area contributed by atoms with Crippen molar-refractivity contribution in [2.75, 3.05) is 0 Å². The lowest BCUT2D eigenvalue weighted by Crippen LogP contribution is -2.24. The number of pyridine rings is 1. The molecule has 1 aromatic heterocycles. The van der Waals surface area contributed by atoms with Crippen LogP contribution < -0.4 is 10.2 Å². The number of carboxylic acids is 1. The Morgan fingerprint density at radius 1 is 1.39 bits per heavy atom. The van der Waals surface area contributed by atoms with E-state index in [-0.39, 0.29) is 17.3 Å². The Labute approximate surface area is 125 Å². The van der Waals surface area contributed by atoms with Gasteiger partial charge in [0.05, 0.1) is 16.9 Å². The fourth-order valence-electron chi connectivity index (χ4n) is 2.51. The summed E-state index contributed by atoms with van der Waals surface area (Å²) in [5.41, 5.74) is -2.73. The number of para-hydroxylation sites is 1. The first-order valence-electron chi connectivity index (χ1n) is 6.51. The van der Waals surface area contributed by atoms with Gasteiger partial charge in [-0.2, -0.15) is 13.2 Å². The third-order valence-electron chi connectivity index (χ3n) is 3.57. The maximum atomic E-state index is 14.5. The quantitative estimate of drug-likeness (QED) is 0.691. The number of carbonyl (C=O) groups is 1. The molecule has 0 saturated heterocycles. The number of aromatic carboxylic acids is 1. The third-order valence-corrected chi connectivity index (χ3v) is 3.57. The molecule has 2 atom stereocenters. The van der Waals surface area contributed by atoms with Gasteiger partial charge in [-0.3, -0.25) is 4.79 Å². The monoisotopic (exact) mass is 331 g/mol. The highest BCUT2D eigenvalue weighted by atomic mass is 19.3. The fourth-order valence-corrected chi connectivity index (χ4v) is 2.51. The SMILES string of the molecule is O=C(O)c1c(F)n([C@@H]2C[C@@H]2F)c2c(OC(F)F)cccc2c1=O. The Hall–Kier alpha value is -2.58. The first-order valence-corrected chi connectivity index (χ1v) is 6.51. The van der Waals surface area contributed by atoms with E-state index >= 15 is 0 Å². The third kappa shape index (κ3) is 2.41. The summed E-state index contributed by atoms with van der Waals surface area (Å²) < 4.78 is 57.8. The molecule has 1 saturated carbocycles. The van der Waals surface area contributed by atoms with E-state index in [0.29, 0.717) is 4.57 Å². The molecule has 0 amide bonds. The van der Waals surface area contributed by atoms with Crippen molar-refractivity contribution >= 4 is 16.9 Å². The van der Waals surface area contributed by atoms with Crippen molar-refractivity contribution in [2.24, 2.45) is 0 Å². The van der Waals surface area contributed by atoms with Gasteiger partial charge >= 0.3 is 12.6 Å². The summed E-state index contributed by atoms with van der Waals surface area (Å²) in [7, 11) is 0. The molecule has 3 rings (SSSR count). The van der Waals surface area contributed by atoms with Crippen LogP contribution in [0.3, 0.4) is 0 Å². The van der Waals surface area contributed by atoms with E-state index in [2.05, 4.69) is 4.74 Å². The molecule has 0 bridgehead atoms. The van der Waals surface area contributed by atoms with Crippen LogP contribution in [0, 0.1) is 5.95 Å². The predicted molar refractivity (Wildman–Crippen MR) is 70.3 cm³/mol. The van der Waals surface area contributed by atoms with Gasteiger partial charge in [0.1, 0.15) is 6.17 Å². The molecule has 1 aliphatic rings. The van der Waals surface area contributed by atoms with Gasteiger partial charge in [0, 0.05) is 6.42 Å². The van der Waals surface area contributed by atoms with Gasteiger partial charge in [0.15, 0.2) is 11.3 Å². The van der Waals surface area contributed by atoms with E-state index in [1.807, 2.05) is 0 Å². The smallest absolute Gasteiger partial charge is 0.387 e. The summed E-state index contributed by atoms with van der Waals surface area (Å²) in [5, 5.41) is 8.68. The number of nitrogens with zero attached hydrogens (tertiary/aromatic N) is 1. The number of benzene rings is 1. The zero-order valence-electron chi connectivity index (χ0n) is 11.3. The minimum atomic E-state index is -3.24. The maximum Gasteiger partial charge on any atom is 0.387 e. The minimum absolute atomic E-state index is 0.114. The Kier molecular flexibility index (Phi) is 3.50. The summed E-state index contributed by atoms with van der Waals surface area (Å²) in [6.07, 6.45) is -1.58. The highest BCUT2D eigenvalue weighted by Gasteiger charge is 2.43. The second-order valence-corrected chi connectivity index (χ2v) is 5.02. The lowest BCUT2D eigenvalue weighted by molar-refractivity contribution is -0.0490. The van der Waals surface area contributed by atoms with Crippen molar-refractivity contribution < 1.29 is 32.2 Å². The van der Waals surface area contributed by atoms with Crippen molar-refractivity contribution in [3.05, 3.63) is 39.9 Å². The Balaban J connectivity index is 2.43. The average Bonchev–Trinajstić information content (AvgIpc) is 3.15. The predicted octanol–water partition coefficient (Wildman–Crippen LogP) is 2.72. The topological polar surface area (TPSA) is 68.5 Å². The Morgan fingerprint density at radius 3 is 2.57 bits per heavy atom. The second kappa shape index (κ2) is 5.25. The first kappa shape index (κ1) is 15.3. The van der Waals surface area contributed by atoms with Gasteiger partial charge in [-0.05, 0) is 12.1 Å². The van der Waals surface area contributed by atoms with E-state index in [9.17, 15) is 27.2 Å². The molecule has 5 nitrogen and oxygen atoms in total. The van der Waals surface area contributed by atoms with Crippen LogP contribution in [-0.4, -0.2) is 28.4 Å². The highest BCUT2D eigenvalue weighted by molar-refractivity contribution is 5.94. The molecular formula is C14H9F4NO4. The number of ether oxygens (including phenoxy) is 1. The lowest BCUT2D eigenvalue weighted by Gasteiger charge is -2.16. The minimum Gasteiger partial charge on any atom is -0.477 e. The molecule has 2 aromatic rings. The van der Waals surface area contributed by atoms with Crippen molar-refractivity contribution in [3.8, 4) is 5.75 Å². The van der Waals surface area contributed by atoms with Crippen LogP contribution in [0.5, 0.6) is 5.75 Å². The van der Waals surface area contributed by atoms with Gasteiger partial charge in [-0.1, -0.05) is 6.07 Å². The lowest BCUT2D eigenvalue weighted by atomic mass is 10.1. The van der Waals surface area contributed by atoms with Gasteiger partial charge in [-0.15, -0.1) is 0 Å². The van der Waals surface area contributed by atoms with Gasteiger partial charge in [0.25, 0.3) is 0 Å². The van der Waals surface area contributed by atoms with E-state index in [1.165, 1.54) is 6.07 Å². The number of aromatic nitrogens is 1. The standard InChI is InChI=1S/C14H9F4NO4/c15-6-4-7(6)19-10-5(2-1-3-8(10)23-14(17)18)11(20)9(12(19)16)13(21)22/h1-3,6-7,14H,4H2,(H,21,22)/t6-,7+/m0/s1. The van der Waals surface area contributed by atoms with Gasteiger partial charge in [0.2, 0.25) is 11.4 Å². The molecule has 1 fully saturated rings. The van der Waals surface area contributed by atoms with Crippen LogP contribution in [0.1, 0.15) is 22.8 Å². The number of hydrogen-bond acceptors (Lipinski definition) is 3. The zero-order valence-corrected chi connectivity index (χ0v) is 11.3. The van der Waals surface area contributed by atoms with Gasteiger partial charge in [-0.25, -0.2) is 9.18 Å². The molecule has 0 radical (unpaired) electrons. The van der Waals surface area contributed by atoms with E-state index in [4.69, 9.17) is 5.11 Å². The summed E-state index contributed by atoms with van der Waals surface area (Å²) in [4.78, 5) is 23.3. The number of carboxylic acid groups (broad SMARTS) is 1. The van der Waals surface area contributed by atoms with Crippen molar-refractivity contribution in [1.82, 2.24) is 4.57 Å². The number of rotatable bonds is 4. The summed E-state index contributed by atoms with van der Waals surface area (Å²) in [5.74, 6) is -3.82. The summed E-state index contributed by atoms with van der Waals surface area (Å²) in [6.45, 7) is -3.24. The first-order chi connectivity index (χ1) is 10.8. The Morgan fingerprint density at radius 2 is 2.04 bits per heavy atom. The van der Waals surface area contributed by atoms with E-state index in [1.54, 1.807) is 0 Å². The van der Waals surface area contributed by atoms with Gasteiger partial charge < -0.3 is 14.4 Å². The number of halogens is 4. The molecular weight excluding hydrogens is 322 g/mol. The molecule has 0 aliphatic heterocycles. The molecule has 1 aromatic carbocycles. The van der Waals surface area contributed by atoms with Crippen LogP contribution in [0.25, 0.3) is 10.9 Å². The number of fused-ring (bicyclic) bond motifs is 1. The molecule has 9 heteroatoms. The molecule has 1 N–H and O–H groups in total. The van der Waals surface area contributed by atoms with Crippen LogP contribution >= 0.6 is 0 Å². The largest absolute Gasteiger partial charge is 0.477 e.